The van der Waals surface area contributed by atoms with Crippen LogP contribution in [0.25, 0.3) is 0 Å². The summed E-state index contributed by atoms with van der Waals surface area (Å²) in [5, 5.41) is 25.7. The van der Waals surface area contributed by atoms with E-state index >= 15 is 0 Å². The standard InChI is InChI=1S/C7H10O6/c1-2-6(11)13-7(12)4(8)3-5(9)10/h2,4,6,8,11H,1,3H2,(H,9,10). The van der Waals surface area contributed by atoms with E-state index < -0.39 is 30.8 Å². The van der Waals surface area contributed by atoms with Gasteiger partial charge in [-0.1, -0.05) is 6.58 Å². The number of aliphatic hydroxyl groups excluding tert-OH is 2. The van der Waals surface area contributed by atoms with Gasteiger partial charge in [-0.25, -0.2) is 4.79 Å². The molecule has 0 radical (unpaired) electrons. The van der Waals surface area contributed by atoms with Gasteiger partial charge in [0.1, 0.15) is 0 Å². The van der Waals surface area contributed by atoms with E-state index in [1.165, 1.54) is 0 Å². The van der Waals surface area contributed by atoms with Gasteiger partial charge >= 0.3 is 11.9 Å². The van der Waals surface area contributed by atoms with Crippen LogP contribution in [-0.4, -0.2) is 39.7 Å². The van der Waals surface area contributed by atoms with Crippen molar-refractivity contribution in [3.63, 3.8) is 0 Å². The average Bonchev–Trinajstić information content (AvgIpc) is 2.02. The Morgan fingerprint density at radius 3 is 2.38 bits per heavy atom. The number of carbonyl (C=O) groups excluding carboxylic acids is 1. The summed E-state index contributed by atoms with van der Waals surface area (Å²) in [5.41, 5.74) is 0. The van der Waals surface area contributed by atoms with E-state index in [0.29, 0.717) is 0 Å². The normalized spacial score (nSPS) is 14.3. The molecule has 0 fully saturated rings. The third kappa shape index (κ3) is 4.94. The van der Waals surface area contributed by atoms with E-state index in [-0.39, 0.29) is 0 Å². The largest absolute Gasteiger partial charge is 0.481 e. The SMILES string of the molecule is C=CC(O)OC(=O)C(O)CC(=O)O. The first-order chi connectivity index (χ1) is 5.97. The van der Waals surface area contributed by atoms with Gasteiger partial charge in [0.2, 0.25) is 6.29 Å². The molecule has 13 heavy (non-hydrogen) atoms. The van der Waals surface area contributed by atoms with Crippen molar-refractivity contribution >= 4 is 11.9 Å². The van der Waals surface area contributed by atoms with E-state index in [1.807, 2.05) is 0 Å². The molecule has 2 unspecified atom stereocenters. The maximum absolute atomic E-state index is 10.7. The quantitative estimate of drug-likeness (QED) is 0.288. The highest BCUT2D eigenvalue weighted by atomic mass is 16.6. The Kier molecular flexibility index (Phi) is 4.71. The first-order valence-corrected chi connectivity index (χ1v) is 3.38. The zero-order chi connectivity index (χ0) is 10.4. The fourth-order valence-electron chi connectivity index (χ4n) is 0.494. The predicted octanol–water partition coefficient (Wildman–Crippen LogP) is -1.13. The van der Waals surface area contributed by atoms with Crippen LogP contribution in [0.1, 0.15) is 6.42 Å². The number of hydrogen-bond donors (Lipinski definition) is 3. The molecule has 0 aliphatic rings. The van der Waals surface area contributed by atoms with Crippen molar-refractivity contribution in [3.05, 3.63) is 12.7 Å². The van der Waals surface area contributed by atoms with Crippen molar-refractivity contribution in [2.24, 2.45) is 0 Å². The molecular weight excluding hydrogens is 180 g/mol. The third-order valence-electron chi connectivity index (χ3n) is 1.08. The second kappa shape index (κ2) is 5.28. The number of rotatable bonds is 5. The molecule has 6 nitrogen and oxygen atoms in total. The summed E-state index contributed by atoms with van der Waals surface area (Å²) in [4.78, 5) is 20.7. The monoisotopic (exact) mass is 190 g/mol. The van der Waals surface area contributed by atoms with Crippen LogP contribution in [0.5, 0.6) is 0 Å². The molecule has 2 atom stereocenters. The van der Waals surface area contributed by atoms with Crippen LogP contribution in [0.4, 0.5) is 0 Å². The minimum absolute atomic E-state index is 0.761. The van der Waals surface area contributed by atoms with E-state index in [0.717, 1.165) is 6.08 Å². The molecule has 0 aliphatic carbocycles. The minimum Gasteiger partial charge on any atom is -0.481 e. The Morgan fingerprint density at radius 1 is 1.46 bits per heavy atom. The first-order valence-electron chi connectivity index (χ1n) is 3.38. The van der Waals surface area contributed by atoms with Gasteiger partial charge in [-0.2, -0.15) is 0 Å². The maximum atomic E-state index is 10.7. The molecule has 0 heterocycles. The fraction of sp³-hybridized carbons (Fsp3) is 0.429. The summed E-state index contributed by atoms with van der Waals surface area (Å²) < 4.78 is 4.15. The Hall–Kier alpha value is -1.40. The lowest BCUT2D eigenvalue weighted by Gasteiger charge is -2.10. The molecule has 0 amide bonds. The highest BCUT2D eigenvalue weighted by molar-refractivity contribution is 5.80. The van der Waals surface area contributed by atoms with Crippen LogP contribution in [-0.2, 0) is 14.3 Å². The molecule has 3 N–H and O–H groups in total. The van der Waals surface area contributed by atoms with Gasteiger partial charge in [-0.15, -0.1) is 0 Å². The van der Waals surface area contributed by atoms with Crippen LogP contribution in [0, 0.1) is 0 Å². The second-order valence-corrected chi connectivity index (χ2v) is 2.18. The molecular formula is C7H10O6. The Bertz CT molecular complexity index is 211. The van der Waals surface area contributed by atoms with Gasteiger partial charge in [-0.3, -0.25) is 4.79 Å². The minimum atomic E-state index is -1.77. The number of carboxylic acids is 1. The molecule has 6 heteroatoms. The number of aliphatic carboxylic acids is 1. The molecule has 0 aromatic heterocycles. The molecule has 0 saturated carbocycles. The van der Waals surface area contributed by atoms with E-state index in [4.69, 9.17) is 15.3 Å². The van der Waals surface area contributed by atoms with Gasteiger partial charge in [0.05, 0.1) is 6.42 Å². The van der Waals surface area contributed by atoms with Crippen molar-refractivity contribution in [1.82, 2.24) is 0 Å². The molecule has 0 bridgehead atoms. The summed E-state index contributed by atoms with van der Waals surface area (Å²) >= 11 is 0. The lowest BCUT2D eigenvalue weighted by atomic mass is 10.2. The number of esters is 1. The second-order valence-electron chi connectivity index (χ2n) is 2.18. The molecule has 0 saturated heterocycles. The van der Waals surface area contributed by atoms with Gasteiger partial charge in [-0.05, 0) is 6.08 Å². The summed E-state index contributed by atoms with van der Waals surface area (Å²) in [7, 11) is 0. The number of carboxylic acid groups (broad SMARTS) is 1. The van der Waals surface area contributed by atoms with E-state index in [9.17, 15) is 9.59 Å². The zero-order valence-corrected chi connectivity index (χ0v) is 6.71. The zero-order valence-electron chi connectivity index (χ0n) is 6.71. The van der Waals surface area contributed by atoms with Crippen molar-refractivity contribution < 1.29 is 29.6 Å². The number of aliphatic hydroxyl groups is 2. The van der Waals surface area contributed by atoms with Crippen LogP contribution < -0.4 is 0 Å². The van der Waals surface area contributed by atoms with Gasteiger partial charge < -0.3 is 20.1 Å². The summed E-state index contributed by atoms with van der Waals surface area (Å²) in [6, 6.07) is 0. The Morgan fingerprint density at radius 2 is 2.00 bits per heavy atom. The predicted molar refractivity (Wildman–Crippen MR) is 40.6 cm³/mol. The molecule has 0 rings (SSSR count). The van der Waals surface area contributed by atoms with Crippen molar-refractivity contribution in [2.75, 3.05) is 0 Å². The molecule has 0 aromatic rings. The van der Waals surface area contributed by atoms with Gasteiger partial charge in [0.15, 0.2) is 6.10 Å². The lowest BCUT2D eigenvalue weighted by molar-refractivity contribution is -0.173. The third-order valence-corrected chi connectivity index (χ3v) is 1.08. The topological polar surface area (TPSA) is 104 Å². The van der Waals surface area contributed by atoms with Crippen molar-refractivity contribution in [1.29, 1.82) is 0 Å². The average molecular weight is 190 g/mol. The van der Waals surface area contributed by atoms with Crippen LogP contribution in [0.2, 0.25) is 0 Å². The van der Waals surface area contributed by atoms with Crippen LogP contribution >= 0.6 is 0 Å². The molecule has 0 aliphatic heterocycles. The van der Waals surface area contributed by atoms with Crippen molar-refractivity contribution in [2.45, 2.75) is 18.8 Å². The lowest BCUT2D eigenvalue weighted by Crippen LogP contribution is -2.29. The summed E-state index contributed by atoms with van der Waals surface area (Å²) in [6.07, 6.45) is -3.14. The van der Waals surface area contributed by atoms with Gasteiger partial charge in [0.25, 0.3) is 0 Å². The number of carbonyl (C=O) groups is 2. The maximum Gasteiger partial charge on any atom is 0.338 e. The number of hydrogen-bond acceptors (Lipinski definition) is 5. The molecule has 74 valence electrons. The number of ether oxygens (including phenoxy) is 1. The molecule has 0 spiro atoms. The van der Waals surface area contributed by atoms with Gasteiger partial charge in [0, 0.05) is 0 Å². The highest BCUT2D eigenvalue weighted by Crippen LogP contribution is 1.98. The first kappa shape index (κ1) is 11.6. The van der Waals surface area contributed by atoms with E-state index in [2.05, 4.69) is 11.3 Å². The van der Waals surface area contributed by atoms with Crippen LogP contribution in [0.15, 0.2) is 12.7 Å². The van der Waals surface area contributed by atoms with Crippen LogP contribution in [0.3, 0.4) is 0 Å². The summed E-state index contributed by atoms with van der Waals surface area (Å²) in [5.74, 6) is -2.53. The Labute approximate surface area is 74.1 Å². The fourth-order valence-corrected chi connectivity index (χ4v) is 0.494. The summed E-state index contributed by atoms with van der Waals surface area (Å²) in [6.45, 7) is 3.11. The Balaban J connectivity index is 3.95. The van der Waals surface area contributed by atoms with E-state index in [1.54, 1.807) is 0 Å². The smallest absolute Gasteiger partial charge is 0.338 e. The van der Waals surface area contributed by atoms with Crippen molar-refractivity contribution in [3.8, 4) is 0 Å². The molecule has 0 aromatic carbocycles. The highest BCUT2D eigenvalue weighted by Gasteiger charge is 2.21.